The first-order chi connectivity index (χ1) is 15.9. The number of nitrogens with one attached hydrogen (secondary N) is 1. The fraction of sp³-hybridized carbons (Fsp3) is 0.182. The van der Waals surface area contributed by atoms with Crippen LogP contribution in [0.1, 0.15) is 26.3 Å². The fourth-order valence-corrected chi connectivity index (χ4v) is 4.07. The second kappa shape index (κ2) is 9.35. The van der Waals surface area contributed by atoms with Gasteiger partial charge in [0, 0.05) is 19.8 Å². The van der Waals surface area contributed by atoms with Crippen LogP contribution in [0.4, 0.5) is 11.5 Å². The number of sulfonamides is 1. The molecule has 0 fully saturated rings. The Balaban J connectivity index is 1.71. The zero-order chi connectivity index (χ0) is 25.2. The molecule has 0 aliphatic rings. The summed E-state index contributed by atoms with van der Waals surface area (Å²) < 4.78 is 34.1. The molecule has 3 rings (SSSR count). The first kappa shape index (κ1) is 24.5. The number of aromatic nitrogens is 2. The molecule has 178 valence electrons. The number of nitrogen functional groups attached to an aromatic ring is 1. The van der Waals surface area contributed by atoms with E-state index in [9.17, 15) is 27.6 Å². The van der Waals surface area contributed by atoms with E-state index in [0.29, 0.717) is 5.69 Å². The average molecular weight is 487 g/mol. The Labute approximate surface area is 194 Å². The lowest BCUT2D eigenvalue weighted by Gasteiger charge is -2.11. The highest BCUT2D eigenvalue weighted by atomic mass is 32.2. The van der Waals surface area contributed by atoms with Gasteiger partial charge in [-0.3, -0.25) is 23.4 Å². The monoisotopic (exact) mass is 486 g/mol. The highest BCUT2D eigenvalue weighted by Crippen LogP contribution is 2.17. The molecule has 12 heteroatoms. The number of ketones is 1. The van der Waals surface area contributed by atoms with E-state index in [0.717, 1.165) is 14.7 Å². The van der Waals surface area contributed by atoms with Crippen molar-refractivity contribution >= 4 is 33.3 Å². The van der Waals surface area contributed by atoms with Crippen LogP contribution in [-0.4, -0.2) is 35.9 Å². The van der Waals surface area contributed by atoms with Gasteiger partial charge in [0.1, 0.15) is 11.4 Å². The summed E-state index contributed by atoms with van der Waals surface area (Å²) in [4.78, 5) is 48.8. The van der Waals surface area contributed by atoms with Gasteiger partial charge < -0.3 is 10.5 Å². The van der Waals surface area contributed by atoms with Crippen molar-refractivity contribution in [3.8, 4) is 0 Å². The number of ether oxygens (including phenoxy) is 1. The lowest BCUT2D eigenvalue weighted by molar-refractivity contribution is 0.0474. The molecular weight excluding hydrogens is 464 g/mol. The molecule has 0 amide bonds. The number of anilines is 2. The standard InChI is InChI=1S/C22H22N4O7S/c1-13-4-8-15(9-5-13)24-34(31,32)16-10-6-14(7-11-16)21(29)33-12-17(27)18-19(23)25(2)22(30)26(3)20(18)28/h4-11,24H,12,23H2,1-3H3. The summed E-state index contributed by atoms with van der Waals surface area (Å²) >= 11 is 0. The van der Waals surface area contributed by atoms with Crippen LogP contribution >= 0.6 is 0 Å². The van der Waals surface area contributed by atoms with E-state index in [2.05, 4.69) is 4.72 Å². The number of hydrogen-bond acceptors (Lipinski definition) is 8. The molecule has 0 atom stereocenters. The summed E-state index contributed by atoms with van der Waals surface area (Å²) in [6.45, 7) is 1.08. The van der Waals surface area contributed by atoms with Crippen molar-refractivity contribution in [2.75, 3.05) is 17.1 Å². The first-order valence-electron chi connectivity index (χ1n) is 9.87. The highest BCUT2D eigenvalue weighted by Gasteiger charge is 2.22. The maximum Gasteiger partial charge on any atom is 0.338 e. The van der Waals surface area contributed by atoms with Gasteiger partial charge in [-0.2, -0.15) is 0 Å². The van der Waals surface area contributed by atoms with Crippen molar-refractivity contribution in [2.24, 2.45) is 14.1 Å². The van der Waals surface area contributed by atoms with Gasteiger partial charge in [0.05, 0.1) is 10.5 Å². The third-order valence-electron chi connectivity index (χ3n) is 5.03. The number of rotatable bonds is 7. The fourth-order valence-electron chi connectivity index (χ4n) is 3.01. The van der Waals surface area contributed by atoms with Crippen molar-refractivity contribution < 1.29 is 22.7 Å². The largest absolute Gasteiger partial charge is 0.454 e. The van der Waals surface area contributed by atoms with Crippen molar-refractivity contribution in [1.82, 2.24) is 9.13 Å². The summed E-state index contributed by atoms with van der Waals surface area (Å²) in [5.41, 5.74) is 4.99. The lowest BCUT2D eigenvalue weighted by atomic mass is 10.2. The molecule has 0 saturated heterocycles. The molecule has 2 aromatic carbocycles. The van der Waals surface area contributed by atoms with Crippen LogP contribution in [0.3, 0.4) is 0 Å². The zero-order valence-electron chi connectivity index (χ0n) is 18.6. The van der Waals surface area contributed by atoms with Crippen LogP contribution in [0.25, 0.3) is 0 Å². The molecule has 0 saturated carbocycles. The van der Waals surface area contributed by atoms with Crippen LogP contribution < -0.4 is 21.7 Å². The molecule has 1 aromatic heterocycles. The van der Waals surface area contributed by atoms with Crippen LogP contribution in [0.5, 0.6) is 0 Å². The van der Waals surface area contributed by atoms with Gasteiger partial charge in [-0.05, 0) is 43.3 Å². The number of nitrogens with zero attached hydrogens (tertiary/aromatic N) is 2. The maximum atomic E-state index is 12.5. The van der Waals surface area contributed by atoms with Crippen molar-refractivity contribution in [3.05, 3.63) is 86.1 Å². The summed E-state index contributed by atoms with van der Waals surface area (Å²) in [7, 11) is -1.40. The molecule has 0 aliphatic heterocycles. The van der Waals surface area contributed by atoms with Gasteiger partial charge in [0.25, 0.3) is 15.6 Å². The number of hydrogen-bond donors (Lipinski definition) is 2. The van der Waals surface area contributed by atoms with E-state index in [-0.39, 0.29) is 16.3 Å². The average Bonchev–Trinajstić information content (AvgIpc) is 2.81. The molecular formula is C22H22N4O7S. The Morgan fingerprint density at radius 3 is 2.15 bits per heavy atom. The Bertz CT molecular complexity index is 1490. The summed E-state index contributed by atoms with van der Waals surface area (Å²) in [6.07, 6.45) is 0. The van der Waals surface area contributed by atoms with Crippen LogP contribution in [0.2, 0.25) is 0 Å². The first-order valence-corrected chi connectivity index (χ1v) is 11.4. The molecule has 11 nitrogen and oxygen atoms in total. The number of Topliss-reactive ketones (excluding diaryl/α,β-unsaturated/α-hetero) is 1. The van der Waals surface area contributed by atoms with Crippen LogP contribution in [-0.2, 0) is 28.9 Å². The van der Waals surface area contributed by atoms with Gasteiger partial charge >= 0.3 is 11.7 Å². The van der Waals surface area contributed by atoms with Crippen molar-refractivity contribution in [2.45, 2.75) is 11.8 Å². The Kier molecular flexibility index (Phi) is 6.73. The number of carbonyl (C=O) groups is 2. The van der Waals surface area contributed by atoms with Crippen molar-refractivity contribution in [1.29, 1.82) is 0 Å². The van der Waals surface area contributed by atoms with E-state index in [1.54, 1.807) is 24.3 Å². The van der Waals surface area contributed by atoms with Crippen molar-refractivity contribution in [3.63, 3.8) is 0 Å². The van der Waals surface area contributed by atoms with Gasteiger partial charge in [0.2, 0.25) is 5.78 Å². The number of nitrogens with two attached hydrogens (primary N) is 1. The minimum atomic E-state index is -3.89. The number of aryl methyl sites for hydroxylation is 1. The predicted octanol–water partition coefficient (Wildman–Crippen LogP) is 0.815. The van der Waals surface area contributed by atoms with Crippen LogP contribution in [0, 0.1) is 6.92 Å². The third-order valence-corrected chi connectivity index (χ3v) is 6.42. The minimum absolute atomic E-state index is 0.0107. The van der Waals surface area contributed by atoms with E-state index in [4.69, 9.17) is 10.5 Å². The van der Waals surface area contributed by atoms with Crippen LogP contribution in [0.15, 0.2) is 63.0 Å². The van der Waals surface area contributed by atoms with E-state index in [1.165, 1.54) is 38.4 Å². The molecule has 0 radical (unpaired) electrons. The number of carbonyl (C=O) groups excluding carboxylic acids is 2. The Morgan fingerprint density at radius 2 is 1.56 bits per heavy atom. The normalized spacial score (nSPS) is 11.1. The molecule has 0 bridgehead atoms. The second-order valence-corrected chi connectivity index (χ2v) is 9.14. The topological polar surface area (TPSA) is 160 Å². The Morgan fingerprint density at radius 1 is 0.971 bits per heavy atom. The minimum Gasteiger partial charge on any atom is -0.454 e. The van der Waals surface area contributed by atoms with E-state index in [1.807, 2.05) is 6.92 Å². The molecule has 3 aromatic rings. The van der Waals surface area contributed by atoms with Gasteiger partial charge in [-0.15, -0.1) is 0 Å². The van der Waals surface area contributed by atoms with E-state index >= 15 is 0 Å². The predicted molar refractivity (Wildman–Crippen MR) is 124 cm³/mol. The zero-order valence-corrected chi connectivity index (χ0v) is 19.4. The van der Waals surface area contributed by atoms with Gasteiger partial charge in [-0.25, -0.2) is 18.0 Å². The maximum absolute atomic E-state index is 12.5. The molecule has 34 heavy (non-hydrogen) atoms. The van der Waals surface area contributed by atoms with E-state index < -0.39 is 45.2 Å². The second-order valence-electron chi connectivity index (χ2n) is 7.46. The quantitative estimate of drug-likeness (QED) is 0.367. The molecule has 0 unspecified atom stereocenters. The lowest BCUT2D eigenvalue weighted by Crippen LogP contribution is -2.42. The summed E-state index contributed by atoms with van der Waals surface area (Å²) in [5, 5.41) is 0. The smallest absolute Gasteiger partial charge is 0.338 e. The Hall–Kier alpha value is -4.19. The molecule has 1 heterocycles. The SMILES string of the molecule is Cc1ccc(NS(=O)(=O)c2ccc(C(=O)OCC(=O)c3c(N)n(C)c(=O)n(C)c3=O)cc2)cc1. The highest BCUT2D eigenvalue weighted by molar-refractivity contribution is 7.92. The summed E-state index contributed by atoms with van der Waals surface area (Å²) in [6, 6.07) is 11.7. The number of esters is 1. The van der Waals surface area contributed by atoms with Gasteiger partial charge in [-0.1, -0.05) is 17.7 Å². The molecule has 3 N–H and O–H groups in total. The number of benzene rings is 2. The third kappa shape index (κ3) is 4.91. The molecule has 0 spiro atoms. The summed E-state index contributed by atoms with van der Waals surface area (Å²) in [5.74, 6) is -2.14. The van der Waals surface area contributed by atoms with Gasteiger partial charge in [0.15, 0.2) is 6.61 Å². The molecule has 0 aliphatic carbocycles.